The van der Waals surface area contributed by atoms with E-state index < -0.39 is 15.8 Å². The lowest BCUT2D eigenvalue weighted by Crippen LogP contribution is -2.30. The second-order valence-electron chi connectivity index (χ2n) is 11.8. The minimum Gasteiger partial charge on any atom is -0.353 e. The third-order valence-electron chi connectivity index (χ3n) is 8.23. The molecular weight excluding hydrogens is 621 g/mol. The van der Waals surface area contributed by atoms with E-state index in [2.05, 4.69) is 40.5 Å². The number of hydrogen-bond donors (Lipinski definition) is 5. The Balaban J connectivity index is 1.18. The van der Waals surface area contributed by atoms with Crippen molar-refractivity contribution in [1.29, 1.82) is 0 Å². The van der Waals surface area contributed by atoms with Crippen molar-refractivity contribution in [1.82, 2.24) is 40.2 Å². The fraction of sp³-hybridized carbons (Fsp3) is 0.242. The first-order valence-electron chi connectivity index (χ1n) is 15.2. The average molecular weight is 654 g/mol. The molecular formula is C33H32FN9O3S. The zero-order valence-corrected chi connectivity index (χ0v) is 26.3. The Morgan fingerprint density at radius 1 is 1.00 bits per heavy atom. The van der Waals surface area contributed by atoms with Crippen LogP contribution in [0.3, 0.4) is 0 Å². The number of benzene rings is 1. The molecule has 0 aliphatic carbocycles. The van der Waals surface area contributed by atoms with Gasteiger partial charge < -0.3 is 15.6 Å². The Kier molecular flexibility index (Phi) is 8.22. The van der Waals surface area contributed by atoms with Crippen LogP contribution in [0.15, 0.2) is 67.1 Å². The van der Waals surface area contributed by atoms with Crippen molar-refractivity contribution in [2.75, 3.05) is 24.7 Å². The summed E-state index contributed by atoms with van der Waals surface area (Å²) in [5.74, 6) is -0.149. The van der Waals surface area contributed by atoms with E-state index in [1.54, 1.807) is 24.7 Å². The van der Waals surface area contributed by atoms with Crippen molar-refractivity contribution >= 4 is 43.6 Å². The Morgan fingerprint density at radius 3 is 2.68 bits per heavy atom. The van der Waals surface area contributed by atoms with Gasteiger partial charge >= 0.3 is 0 Å². The number of halogens is 1. The topological polar surface area (TPSA) is 170 Å². The van der Waals surface area contributed by atoms with E-state index in [9.17, 15) is 17.6 Å². The highest BCUT2D eigenvalue weighted by Crippen LogP contribution is 2.34. The molecule has 1 fully saturated rings. The highest BCUT2D eigenvalue weighted by molar-refractivity contribution is 7.88. The van der Waals surface area contributed by atoms with Gasteiger partial charge in [-0.2, -0.15) is 5.10 Å². The summed E-state index contributed by atoms with van der Waals surface area (Å²) in [5, 5.41) is 14.6. The highest BCUT2D eigenvalue weighted by Gasteiger charge is 2.19. The number of nitrogens with one attached hydrogen (secondary N) is 5. The van der Waals surface area contributed by atoms with Crippen LogP contribution in [0.5, 0.6) is 0 Å². The second-order valence-corrected chi connectivity index (χ2v) is 13.7. The van der Waals surface area contributed by atoms with Crippen LogP contribution in [-0.2, 0) is 21.4 Å². The molecule has 14 heteroatoms. The first-order chi connectivity index (χ1) is 22.7. The predicted octanol–water partition coefficient (Wildman–Crippen LogP) is 4.75. The molecule has 0 unspecified atom stereocenters. The number of H-pyrrole nitrogens is 2. The number of anilines is 1. The van der Waals surface area contributed by atoms with E-state index in [0.29, 0.717) is 57.4 Å². The zero-order valence-electron chi connectivity index (χ0n) is 25.5. The third-order valence-corrected chi connectivity index (χ3v) is 8.90. The Hall–Kier alpha value is -5.05. The fourth-order valence-corrected chi connectivity index (χ4v) is 6.40. The summed E-state index contributed by atoms with van der Waals surface area (Å²) in [5.41, 5.74) is 6.90. The molecule has 0 radical (unpaired) electrons. The maximum absolute atomic E-state index is 14.6. The minimum absolute atomic E-state index is 0.0240. The molecule has 1 aromatic carbocycles. The molecule has 240 valence electrons. The predicted molar refractivity (Wildman–Crippen MR) is 178 cm³/mol. The molecule has 0 spiro atoms. The van der Waals surface area contributed by atoms with Crippen molar-refractivity contribution in [3.63, 3.8) is 0 Å². The summed E-state index contributed by atoms with van der Waals surface area (Å²) < 4.78 is 40.2. The number of rotatable bonds is 9. The summed E-state index contributed by atoms with van der Waals surface area (Å²) >= 11 is 0. The number of aromatic nitrogens is 6. The van der Waals surface area contributed by atoms with Crippen molar-refractivity contribution in [3.8, 4) is 33.9 Å². The smallest absolute Gasteiger partial charge is 0.224 e. The van der Waals surface area contributed by atoms with Gasteiger partial charge in [0, 0.05) is 47.4 Å². The quantitative estimate of drug-likeness (QED) is 0.149. The summed E-state index contributed by atoms with van der Waals surface area (Å²) in [4.78, 5) is 29.9. The maximum atomic E-state index is 14.6. The largest absolute Gasteiger partial charge is 0.353 e. The molecule has 0 bridgehead atoms. The van der Waals surface area contributed by atoms with E-state index in [1.165, 1.54) is 12.1 Å². The van der Waals surface area contributed by atoms with E-state index in [1.807, 2.05) is 30.3 Å². The lowest BCUT2D eigenvalue weighted by Gasteiger charge is -2.21. The van der Waals surface area contributed by atoms with Gasteiger partial charge in [0.1, 0.15) is 17.0 Å². The van der Waals surface area contributed by atoms with Crippen LogP contribution in [0.25, 0.3) is 55.8 Å². The van der Waals surface area contributed by atoms with Crippen LogP contribution in [0.2, 0.25) is 0 Å². The van der Waals surface area contributed by atoms with Gasteiger partial charge in [0.2, 0.25) is 15.9 Å². The number of amides is 1. The van der Waals surface area contributed by atoms with Crippen molar-refractivity contribution in [3.05, 3.63) is 78.5 Å². The summed E-state index contributed by atoms with van der Waals surface area (Å²) in [6, 6.07) is 13.7. The molecule has 1 aliphatic rings. The molecule has 47 heavy (non-hydrogen) atoms. The van der Waals surface area contributed by atoms with Gasteiger partial charge in [-0.05, 0) is 85.9 Å². The number of carbonyl (C=O) groups excluding carboxylic acids is 1. The van der Waals surface area contributed by atoms with Crippen LogP contribution in [0.4, 0.5) is 10.1 Å². The van der Waals surface area contributed by atoms with Crippen LogP contribution < -0.4 is 15.4 Å². The van der Waals surface area contributed by atoms with Crippen LogP contribution in [0.1, 0.15) is 24.8 Å². The molecule has 1 aliphatic heterocycles. The lowest BCUT2D eigenvalue weighted by molar-refractivity contribution is -0.117. The molecule has 12 nitrogen and oxygen atoms in total. The number of fused-ring (bicyclic) bond motifs is 2. The monoisotopic (exact) mass is 653 g/mol. The minimum atomic E-state index is -3.45. The molecule has 6 aromatic rings. The molecule has 5 aromatic heterocycles. The summed E-state index contributed by atoms with van der Waals surface area (Å²) in [6.07, 6.45) is 8.49. The van der Waals surface area contributed by atoms with Crippen molar-refractivity contribution < 1.29 is 17.6 Å². The second kappa shape index (κ2) is 12.6. The van der Waals surface area contributed by atoms with Gasteiger partial charge in [0.25, 0.3) is 0 Å². The Morgan fingerprint density at radius 2 is 1.85 bits per heavy atom. The van der Waals surface area contributed by atoms with Crippen LogP contribution in [0, 0.1) is 11.7 Å². The molecule has 1 saturated heterocycles. The number of pyridine rings is 3. The van der Waals surface area contributed by atoms with Crippen molar-refractivity contribution in [2.45, 2.75) is 25.8 Å². The fourth-order valence-electron chi connectivity index (χ4n) is 5.97. The van der Waals surface area contributed by atoms with E-state index in [4.69, 9.17) is 4.98 Å². The van der Waals surface area contributed by atoms with Gasteiger partial charge in [0.15, 0.2) is 0 Å². The molecule has 1 amide bonds. The maximum Gasteiger partial charge on any atom is 0.224 e. The van der Waals surface area contributed by atoms with Gasteiger partial charge in [-0.1, -0.05) is 0 Å². The number of piperidine rings is 1. The van der Waals surface area contributed by atoms with E-state index >= 15 is 0 Å². The van der Waals surface area contributed by atoms with Gasteiger partial charge in [0.05, 0.1) is 40.7 Å². The lowest BCUT2D eigenvalue weighted by atomic mass is 9.94. The number of nitrogens with zero attached hydrogens (tertiary/aromatic N) is 4. The standard InChI is InChI=1S/C33H32FN9O3S/c1-47(45,46)38-16-20-10-21(13-23(34)11-20)31-25-15-29(40-27(25)6-9-37-31)33-32-28(42-43-33)3-2-26(41-32)22-14-24(18-36-17-22)39-30(44)12-19-4-7-35-8-5-19/h2-3,6,9-11,13-15,17-19,35,38,40H,4-5,7-8,12,16H2,1H3,(H,39,44)(H,42,43). The first-order valence-corrected chi connectivity index (χ1v) is 17.1. The number of hydrogen-bond acceptors (Lipinski definition) is 8. The summed E-state index contributed by atoms with van der Waals surface area (Å²) in [7, 11) is -3.45. The number of carbonyl (C=O) groups is 1. The normalized spacial score (nSPS) is 14.2. The van der Waals surface area contributed by atoms with E-state index in [0.717, 1.165) is 54.2 Å². The number of aromatic amines is 2. The first kappa shape index (κ1) is 30.6. The third kappa shape index (κ3) is 6.89. The zero-order chi connectivity index (χ0) is 32.5. The van der Waals surface area contributed by atoms with Crippen LogP contribution >= 0.6 is 0 Å². The average Bonchev–Trinajstić information content (AvgIpc) is 3.68. The SMILES string of the molecule is CS(=O)(=O)NCc1cc(F)cc(-c2nccc3[nH]c(-c4n[nH]c5ccc(-c6cncc(NC(=O)CC7CCNCC7)c6)nc45)cc23)c1. The van der Waals surface area contributed by atoms with Crippen molar-refractivity contribution in [2.24, 2.45) is 5.92 Å². The molecule has 0 atom stereocenters. The van der Waals surface area contributed by atoms with Gasteiger partial charge in [-0.3, -0.25) is 19.9 Å². The number of sulfonamides is 1. The Bertz CT molecular complexity index is 2230. The molecule has 6 heterocycles. The highest BCUT2D eigenvalue weighted by atomic mass is 32.2. The molecule has 0 saturated carbocycles. The Labute approximate surface area is 269 Å². The molecule has 7 rings (SSSR count). The van der Waals surface area contributed by atoms with Gasteiger partial charge in [-0.25, -0.2) is 22.5 Å². The molecule has 5 N–H and O–H groups in total. The van der Waals surface area contributed by atoms with Crippen LogP contribution in [-0.4, -0.2) is 63.8 Å². The van der Waals surface area contributed by atoms with E-state index in [-0.39, 0.29) is 12.5 Å². The van der Waals surface area contributed by atoms with Gasteiger partial charge in [-0.15, -0.1) is 0 Å². The summed E-state index contributed by atoms with van der Waals surface area (Å²) in [6.45, 7) is 1.83.